The molecule has 0 heterocycles. The van der Waals surface area contributed by atoms with E-state index >= 15 is 0 Å². The molecular weight excluding hydrogens is 260 g/mol. The number of hydrogen-bond acceptors (Lipinski definition) is 3. The fourth-order valence-corrected chi connectivity index (χ4v) is 1.99. The largest absolute Gasteiger partial charge is 0.378 e. The molecule has 0 aliphatic carbocycles. The summed E-state index contributed by atoms with van der Waals surface area (Å²) in [5, 5.41) is 3.23. The van der Waals surface area contributed by atoms with E-state index in [0.29, 0.717) is 5.56 Å². The molecule has 2 aromatic rings. The Morgan fingerprint density at radius 1 is 1.00 bits per heavy atom. The molecule has 0 spiro atoms. The second-order valence-electron chi connectivity index (χ2n) is 5.12. The molecule has 0 amide bonds. The summed E-state index contributed by atoms with van der Waals surface area (Å²) >= 11 is 0. The van der Waals surface area contributed by atoms with Crippen LogP contribution in [0.15, 0.2) is 66.4 Å². The SMILES string of the molecule is C/C(=C/C(=O)c1ccccc1)Nc1ccc(N(C)C)cc1. The Morgan fingerprint density at radius 3 is 2.19 bits per heavy atom. The number of carbonyl (C=O) groups is 1. The minimum absolute atomic E-state index is 0.00510. The number of carbonyl (C=O) groups excluding carboxylic acids is 1. The monoisotopic (exact) mass is 280 g/mol. The van der Waals surface area contributed by atoms with E-state index in [2.05, 4.69) is 5.32 Å². The highest BCUT2D eigenvalue weighted by atomic mass is 16.1. The zero-order valence-corrected chi connectivity index (χ0v) is 12.6. The van der Waals surface area contributed by atoms with Gasteiger partial charge in [0, 0.05) is 42.8 Å². The molecule has 0 aliphatic rings. The van der Waals surface area contributed by atoms with Crippen LogP contribution in [0.1, 0.15) is 17.3 Å². The molecule has 0 aromatic heterocycles. The highest BCUT2D eigenvalue weighted by Gasteiger charge is 2.02. The number of nitrogens with zero attached hydrogens (tertiary/aromatic N) is 1. The molecule has 0 saturated carbocycles. The third-order valence-corrected chi connectivity index (χ3v) is 3.13. The van der Waals surface area contributed by atoms with Crippen molar-refractivity contribution in [3.05, 3.63) is 71.9 Å². The van der Waals surface area contributed by atoms with Gasteiger partial charge in [-0.15, -0.1) is 0 Å². The fraction of sp³-hybridized carbons (Fsp3) is 0.167. The number of nitrogens with one attached hydrogen (secondary N) is 1. The van der Waals surface area contributed by atoms with Crippen molar-refractivity contribution in [2.24, 2.45) is 0 Å². The number of rotatable bonds is 5. The summed E-state index contributed by atoms with van der Waals surface area (Å²) in [6.45, 7) is 1.89. The van der Waals surface area contributed by atoms with Crippen LogP contribution in [0, 0.1) is 0 Å². The minimum Gasteiger partial charge on any atom is -0.378 e. The normalized spacial score (nSPS) is 11.1. The molecule has 21 heavy (non-hydrogen) atoms. The van der Waals surface area contributed by atoms with Crippen LogP contribution in [-0.2, 0) is 0 Å². The van der Waals surface area contributed by atoms with Crippen LogP contribution < -0.4 is 10.2 Å². The molecule has 0 saturated heterocycles. The average molecular weight is 280 g/mol. The second kappa shape index (κ2) is 6.75. The number of hydrogen-bond donors (Lipinski definition) is 1. The van der Waals surface area contributed by atoms with Gasteiger partial charge in [0.2, 0.25) is 0 Å². The van der Waals surface area contributed by atoms with Gasteiger partial charge in [-0.3, -0.25) is 4.79 Å². The number of benzene rings is 2. The Balaban J connectivity index is 2.05. The average Bonchev–Trinajstić information content (AvgIpc) is 2.48. The Hall–Kier alpha value is -2.55. The van der Waals surface area contributed by atoms with Crippen LogP contribution in [0.4, 0.5) is 11.4 Å². The van der Waals surface area contributed by atoms with Crippen LogP contribution in [0.5, 0.6) is 0 Å². The van der Waals surface area contributed by atoms with Gasteiger partial charge in [-0.1, -0.05) is 30.3 Å². The van der Waals surface area contributed by atoms with E-state index in [1.54, 1.807) is 6.08 Å². The molecule has 0 bridgehead atoms. The van der Waals surface area contributed by atoms with Crippen molar-refractivity contribution in [2.75, 3.05) is 24.3 Å². The minimum atomic E-state index is 0.00510. The van der Waals surface area contributed by atoms with Gasteiger partial charge < -0.3 is 10.2 Å². The lowest BCUT2D eigenvalue weighted by Gasteiger charge is -2.13. The summed E-state index contributed by atoms with van der Waals surface area (Å²) < 4.78 is 0. The fourth-order valence-electron chi connectivity index (χ4n) is 1.99. The van der Waals surface area contributed by atoms with Gasteiger partial charge in [0.05, 0.1) is 0 Å². The maximum absolute atomic E-state index is 12.1. The summed E-state index contributed by atoms with van der Waals surface area (Å²) in [7, 11) is 4.01. The highest BCUT2D eigenvalue weighted by Crippen LogP contribution is 2.17. The van der Waals surface area contributed by atoms with Crippen LogP contribution in [-0.4, -0.2) is 19.9 Å². The first kappa shape index (κ1) is 14.9. The summed E-state index contributed by atoms with van der Waals surface area (Å²) in [5.41, 5.74) is 3.63. The molecule has 3 heteroatoms. The van der Waals surface area contributed by atoms with Gasteiger partial charge in [-0.05, 0) is 31.2 Å². The zero-order chi connectivity index (χ0) is 15.2. The first-order valence-electron chi connectivity index (χ1n) is 6.88. The third kappa shape index (κ3) is 4.21. The summed E-state index contributed by atoms with van der Waals surface area (Å²) in [6, 6.07) is 17.3. The van der Waals surface area contributed by atoms with Crippen LogP contribution in [0.25, 0.3) is 0 Å². The first-order chi connectivity index (χ1) is 10.1. The summed E-state index contributed by atoms with van der Waals surface area (Å²) in [5.74, 6) is 0.00510. The van der Waals surface area contributed by atoms with E-state index in [-0.39, 0.29) is 5.78 Å². The Bertz CT molecular complexity index is 628. The van der Waals surface area contributed by atoms with Crippen molar-refractivity contribution in [3.8, 4) is 0 Å². The third-order valence-electron chi connectivity index (χ3n) is 3.13. The predicted octanol–water partition coefficient (Wildman–Crippen LogP) is 3.95. The number of allylic oxidation sites excluding steroid dienone is 2. The van der Waals surface area contributed by atoms with Crippen molar-refractivity contribution in [1.82, 2.24) is 0 Å². The van der Waals surface area contributed by atoms with E-state index in [1.807, 2.05) is 80.5 Å². The lowest BCUT2D eigenvalue weighted by Crippen LogP contribution is -2.08. The van der Waals surface area contributed by atoms with Crippen molar-refractivity contribution >= 4 is 17.2 Å². The molecule has 0 unspecified atom stereocenters. The van der Waals surface area contributed by atoms with E-state index < -0.39 is 0 Å². The van der Waals surface area contributed by atoms with Crippen LogP contribution in [0.2, 0.25) is 0 Å². The van der Waals surface area contributed by atoms with E-state index in [0.717, 1.165) is 17.1 Å². The highest BCUT2D eigenvalue weighted by molar-refractivity contribution is 6.05. The molecule has 0 aliphatic heterocycles. The van der Waals surface area contributed by atoms with Gasteiger partial charge in [-0.2, -0.15) is 0 Å². The number of ketones is 1. The van der Waals surface area contributed by atoms with Gasteiger partial charge in [0.15, 0.2) is 5.78 Å². The Labute approximate surface area is 125 Å². The topological polar surface area (TPSA) is 32.3 Å². The zero-order valence-electron chi connectivity index (χ0n) is 12.6. The molecule has 0 atom stereocenters. The van der Waals surface area contributed by atoms with Crippen molar-refractivity contribution in [2.45, 2.75) is 6.92 Å². The van der Waals surface area contributed by atoms with Gasteiger partial charge >= 0.3 is 0 Å². The maximum Gasteiger partial charge on any atom is 0.187 e. The molecule has 2 rings (SSSR count). The second-order valence-corrected chi connectivity index (χ2v) is 5.12. The summed E-state index contributed by atoms with van der Waals surface area (Å²) in [4.78, 5) is 14.1. The standard InChI is InChI=1S/C18H20N2O/c1-14(13-18(21)15-7-5-4-6-8-15)19-16-9-11-17(12-10-16)20(2)3/h4-13,19H,1-3H3/b14-13-. The van der Waals surface area contributed by atoms with E-state index in [1.165, 1.54) is 0 Å². The summed E-state index contributed by atoms with van der Waals surface area (Å²) in [6.07, 6.45) is 1.62. The molecule has 108 valence electrons. The van der Waals surface area contributed by atoms with E-state index in [9.17, 15) is 4.79 Å². The lowest BCUT2D eigenvalue weighted by molar-refractivity contribution is 0.104. The van der Waals surface area contributed by atoms with Crippen molar-refractivity contribution in [1.29, 1.82) is 0 Å². The predicted molar refractivity (Wildman–Crippen MR) is 88.9 cm³/mol. The van der Waals surface area contributed by atoms with Crippen molar-refractivity contribution in [3.63, 3.8) is 0 Å². The first-order valence-corrected chi connectivity index (χ1v) is 6.88. The number of anilines is 2. The molecule has 0 radical (unpaired) electrons. The van der Waals surface area contributed by atoms with Crippen molar-refractivity contribution < 1.29 is 4.79 Å². The lowest BCUT2D eigenvalue weighted by atomic mass is 10.1. The smallest absolute Gasteiger partial charge is 0.187 e. The van der Waals surface area contributed by atoms with Crippen LogP contribution >= 0.6 is 0 Å². The Morgan fingerprint density at radius 2 is 1.62 bits per heavy atom. The molecule has 1 N–H and O–H groups in total. The Kier molecular flexibility index (Phi) is 4.77. The molecule has 3 nitrogen and oxygen atoms in total. The van der Waals surface area contributed by atoms with Gasteiger partial charge in [0.1, 0.15) is 0 Å². The maximum atomic E-state index is 12.1. The van der Waals surface area contributed by atoms with Gasteiger partial charge in [-0.25, -0.2) is 0 Å². The molecular formula is C18H20N2O. The van der Waals surface area contributed by atoms with E-state index in [4.69, 9.17) is 0 Å². The van der Waals surface area contributed by atoms with Gasteiger partial charge in [0.25, 0.3) is 0 Å². The quantitative estimate of drug-likeness (QED) is 0.665. The molecule has 0 fully saturated rings. The molecule has 2 aromatic carbocycles. The van der Waals surface area contributed by atoms with Crippen LogP contribution in [0.3, 0.4) is 0 Å².